The van der Waals surface area contributed by atoms with Crippen LogP contribution in [0.1, 0.15) is 35.2 Å². The minimum absolute atomic E-state index is 0.0979. The monoisotopic (exact) mass is 494 g/mol. The van der Waals surface area contributed by atoms with Gasteiger partial charge < -0.3 is 14.8 Å². The van der Waals surface area contributed by atoms with Crippen LogP contribution in [0.2, 0.25) is 0 Å². The number of fused-ring (bicyclic) bond motifs is 1. The molecule has 0 bridgehead atoms. The molecule has 3 aromatic carbocycles. The lowest BCUT2D eigenvalue weighted by molar-refractivity contribution is -0.120. The zero-order valence-electron chi connectivity index (χ0n) is 20.4. The van der Waals surface area contributed by atoms with Gasteiger partial charge in [-0.1, -0.05) is 30.3 Å². The molecule has 0 radical (unpaired) electrons. The number of ether oxygens (including phenoxy) is 2. The van der Waals surface area contributed by atoms with E-state index in [0.717, 1.165) is 21.0 Å². The Kier molecular flexibility index (Phi) is 7.03. The van der Waals surface area contributed by atoms with E-state index < -0.39 is 15.9 Å². The molecule has 4 rings (SSSR count). The fourth-order valence-corrected chi connectivity index (χ4v) is 5.60. The van der Waals surface area contributed by atoms with Gasteiger partial charge in [0.15, 0.2) is 11.5 Å². The van der Waals surface area contributed by atoms with Crippen LogP contribution in [-0.2, 0) is 14.8 Å². The van der Waals surface area contributed by atoms with E-state index in [9.17, 15) is 13.2 Å². The number of rotatable bonds is 7. The third-order valence-electron chi connectivity index (χ3n) is 6.16. The summed E-state index contributed by atoms with van der Waals surface area (Å²) in [5.74, 6) is 0.575. The summed E-state index contributed by atoms with van der Waals surface area (Å²) in [4.78, 5) is 13.3. The normalized spacial score (nSPS) is 13.7. The van der Waals surface area contributed by atoms with Crippen molar-refractivity contribution >= 4 is 21.6 Å². The highest BCUT2D eigenvalue weighted by Crippen LogP contribution is 2.35. The summed E-state index contributed by atoms with van der Waals surface area (Å²) >= 11 is 0. The maximum atomic E-state index is 13.6. The Labute approximate surface area is 206 Å². The molecule has 35 heavy (non-hydrogen) atoms. The van der Waals surface area contributed by atoms with Crippen LogP contribution in [-0.4, -0.2) is 34.1 Å². The summed E-state index contributed by atoms with van der Waals surface area (Å²) in [6.45, 7) is 8.40. The largest absolute Gasteiger partial charge is 0.486 e. The first kappa shape index (κ1) is 24.6. The lowest BCUT2D eigenvalue weighted by Crippen LogP contribution is -2.41. The highest BCUT2D eigenvalue weighted by Gasteiger charge is 2.29. The second-order valence-electron chi connectivity index (χ2n) is 8.73. The molecule has 0 saturated carbocycles. The predicted molar refractivity (Wildman–Crippen MR) is 136 cm³/mol. The topological polar surface area (TPSA) is 84.9 Å². The average Bonchev–Trinajstić information content (AvgIpc) is 2.84. The average molecular weight is 495 g/mol. The SMILES string of the molecule is Cc1cc(C)c([C@H](C)NC(=O)CN(c2ccc3c(c2)OCCO3)S(=O)(=O)c2ccccc2)cc1C. The lowest BCUT2D eigenvalue weighted by Gasteiger charge is -2.27. The van der Waals surface area contributed by atoms with Crippen LogP contribution in [0.4, 0.5) is 5.69 Å². The summed E-state index contributed by atoms with van der Waals surface area (Å²) in [6, 6.07) is 16.8. The Morgan fingerprint density at radius 3 is 2.29 bits per heavy atom. The quantitative estimate of drug-likeness (QED) is 0.524. The van der Waals surface area contributed by atoms with E-state index in [1.54, 1.807) is 36.4 Å². The highest BCUT2D eigenvalue weighted by atomic mass is 32.2. The van der Waals surface area contributed by atoms with Crippen molar-refractivity contribution in [3.8, 4) is 11.5 Å². The summed E-state index contributed by atoms with van der Waals surface area (Å²) in [5, 5.41) is 2.97. The van der Waals surface area contributed by atoms with Crippen LogP contribution < -0.4 is 19.1 Å². The zero-order chi connectivity index (χ0) is 25.2. The molecule has 7 nitrogen and oxygen atoms in total. The van der Waals surface area contributed by atoms with E-state index in [1.807, 2.05) is 20.8 Å². The van der Waals surface area contributed by atoms with Gasteiger partial charge in [0.2, 0.25) is 5.91 Å². The van der Waals surface area contributed by atoms with Gasteiger partial charge in [0, 0.05) is 6.07 Å². The first-order valence-electron chi connectivity index (χ1n) is 11.5. The molecule has 1 atom stereocenters. The minimum Gasteiger partial charge on any atom is -0.486 e. The molecular weight excluding hydrogens is 464 g/mol. The van der Waals surface area contributed by atoms with Crippen molar-refractivity contribution < 1.29 is 22.7 Å². The number of aryl methyl sites for hydroxylation is 3. The first-order valence-corrected chi connectivity index (χ1v) is 13.0. The summed E-state index contributed by atoms with van der Waals surface area (Å²) in [5.41, 5.74) is 4.71. The number of nitrogens with one attached hydrogen (secondary N) is 1. The van der Waals surface area contributed by atoms with Crippen molar-refractivity contribution in [1.82, 2.24) is 5.32 Å². The Hall–Kier alpha value is -3.52. The fraction of sp³-hybridized carbons (Fsp3) is 0.296. The van der Waals surface area contributed by atoms with Crippen LogP contribution in [0, 0.1) is 20.8 Å². The van der Waals surface area contributed by atoms with Gasteiger partial charge in [-0.05, 0) is 74.2 Å². The summed E-state index contributed by atoms with van der Waals surface area (Å²) in [7, 11) is -4.02. The van der Waals surface area contributed by atoms with Gasteiger partial charge in [-0.2, -0.15) is 0 Å². The van der Waals surface area contributed by atoms with Crippen molar-refractivity contribution in [2.24, 2.45) is 0 Å². The number of carbonyl (C=O) groups is 1. The van der Waals surface area contributed by atoms with Gasteiger partial charge in [0.25, 0.3) is 10.0 Å². The van der Waals surface area contributed by atoms with Crippen molar-refractivity contribution in [2.75, 3.05) is 24.1 Å². The molecule has 1 aliphatic rings. The summed E-state index contributed by atoms with van der Waals surface area (Å²) < 4.78 is 39.5. The predicted octanol–water partition coefficient (Wildman–Crippen LogP) is 4.46. The van der Waals surface area contributed by atoms with Crippen LogP contribution in [0.15, 0.2) is 65.6 Å². The number of amides is 1. The van der Waals surface area contributed by atoms with E-state index in [0.29, 0.717) is 30.4 Å². The molecule has 0 fully saturated rings. The molecule has 0 spiro atoms. The molecule has 1 heterocycles. The van der Waals surface area contributed by atoms with Gasteiger partial charge in [-0.15, -0.1) is 0 Å². The van der Waals surface area contributed by atoms with E-state index in [4.69, 9.17) is 9.47 Å². The first-order chi connectivity index (χ1) is 16.7. The Balaban J connectivity index is 1.64. The number of hydrogen-bond acceptors (Lipinski definition) is 5. The van der Waals surface area contributed by atoms with E-state index in [-0.39, 0.29) is 17.5 Å². The van der Waals surface area contributed by atoms with E-state index in [2.05, 4.69) is 24.4 Å². The number of anilines is 1. The smallest absolute Gasteiger partial charge is 0.264 e. The molecule has 3 aromatic rings. The van der Waals surface area contributed by atoms with Gasteiger partial charge in [-0.25, -0.2) is 8.42 Å². The maximum absolute atomic E-state index is 13.6. The second-order valence-corrected chi connectivity index (χ2v) is 10.6. The van der Waals surface area contributed by atoms with Crippen LogP contribution >= 0.6 is 0 Å². The van der Waals surface area contributed by atoms with Crippen LogP contribution in [0.3, 0.4) is 0 Å². The number of benzene rings is 3. The Morgan fingerprint density at radius 2 is 1.57 bits per heavy atom. The Morgan fingerprint density at radius 1 is 0.914 bits per heavy atom. The molecule has 8 heteroatoms. The summed E-state index contributed by atoms with van der Waals surface area (Å²) in [6.07, 6.45) is 0. The molecule has 0 saturated heterocycles. The number of nitrogens with zero attached hydrogens (tertiary/aromatic N) is 1. The molecule has 0 unspecified atom stereocenters. The molecule has 1 N–H and O–H groups in total. The van der Waals surface area contributed by atoms with Crippen molar-refractivity contribution in [3.63, 3.8) is 0 Å². The molecule has 0 aliphatic carbocycles. The molecule has 1 amide bonds. The van der Waals surface area contributed by atoms with Gasteiger partial charge in [0.05, 0.1) is 16.6 Å². The van der Waals surface area contributed by atoms with Gasteiger partial charge in [0.1, 0.15) is 19.8 Å². The third kappa shape index (κ3) is 5.27. The lowest BCUT2D eigenvalue weighted by atomic mass is 9.96. The van der Waals surface area contributed by atoms with Gasteiger partial charge in [-0.3, -0.25) is 9.10 Å². The van der Waals surface area contributed by atoms with E-state index >= 15 is 0 Å². The number of hydrogen-bond donors (Lipinski definition) is 1. The third-order valence-corrected chi connectivity index (χ3v) is 7.95. The Bertz CT molecular complexity index is 1340. The molecule has 1 aliphatic heterocycles. The number of carbonyl (C=O) groups excluding carboxylic acids is 1. The van der Waals surface area contributed by atoms with Crippen LogP contribution in [0.25, 0.3) is 0 Å². The molecular formula is C27H30N2O5S. The van der Waals surface area contributed by atoms with Crippen molar-refractivity contribution in [2.45, 2.75) is 38.6 Å². The van der Waals surface area contributed by atoms with Crippen LogP contribution in [0.5, 0.6) is 11.5 Å². The van der Waals surface area contributed by atoms with Crippen molar-refractivity contribution in [3.05, 3.63) is 82.9 Å². The molecule has 0 aromatic heterocycles. The van der Waals surface area contributed by atoms with E-state index in [1.165, 1.54) is 17.7 Å². The highest BCUT2D eigenvalue weighted by molar-refractivity contribution is 7.92. The second kappa shape index (κ2) is 10.00. The maximum Gasteiger partial charge on any atom is 0.264 e. The standard InChI is InChI=1S/C27H30N2O5S/c1-18-14-20(3)24(15-19(18)2)21(4)28-27(30)17-29(35(31,32)23-8-6-5-7-9-23)22-10-11-25-26(16-22)34-13-12-33-25/h5-11,14-16,21H,12-13,17H2,1-4H3,(H,28,30)/t21-/m0/s1. The number of sulfonamides is 1. The van der Waals surface area contributed by atoms with Crippen molar-refractivity contribution in [1.29, 1.82) is 0 Å². The van der Waals surface area contributed by atoms with Gasteiger partial charge >= 0.3 is 0 Å². The minimum atomic E-state index is -4.02. The zero-order valence-corrected chi connectivity index (χ0v) is 21.2. The molecule has 184 valence electrons. The fourth-order valence-electron chi connectivity index (χ4n) is 4.17.